The minimum atomic E-state index is -0.767. The second kappa shape index (κ2) is 11.2. The minimum Gasteiger partial charge on any atom is -0.493 e. The molecule has 0 radical (unpaired) electrons. The molecule has 3 aliphatic rings. The van der Waals surface area contributed by atoms with Crippen LogP contribution in [0.3, 0.4) is 0 Å². The minimum absolute atomic E-state index is 0.0413. The third kappa shape index (κ3) is 5.29. The molecule has 13 heteroatoms. The molecule has 1 amide bonds. The van der Waals surface area contributed by atoms with Gasteiger partial charge in [0.1, 0.15) is 10.9 Å². The van der Waals surface area contributed by atoms with Crippen molar-refractivity contribution < 1.29 is 14.6 Å². The first-order valence-corrected chi connectivity index (χ1v) is 15.0. The van der Waals surface area contributed by atoms with E-state index in [0.717, 1.165) is 44.6 Å². The molecule has 6 rings (SSSR count). The monoisotopic (exact) mass is 597 g/mol. The summed E-state index contributed by atoms with van der Waals surface area (Å²) in [5.74, 6) is -0.0422. The van der Waals surface area contributed by atoms with E-state index in [9.17, 15) is 14.7 Å². The van der Waals surface area contributed by atoms with E-state index >= 15 is 0 Å². The van der Waals surface area contributed by atoms with Crippen LogP contribution < -0.4 is 21.5 Å². The van der Waals surface area contributed by atoms with Crippen molar-refractivity contribution in [2.75, 3.05) is 29.9 Å². The molecule has 4 N–H and O–H groups in total. The number of aromatic hydroxyl groups is 1. The zero-order valence-corrected chi connectivity index (χ0v) is 24.2. The number of carbonyl (C=O) groups is 1. The molecule has 1 spiro atoms. The predicted molar refractivity (Wildman–Crippen MR) is 156 cm³/mol. The highest BCUT2D eigenvalue weighted by atomic mass is 35.5. The number of carbonyl (C=O) groups excluding carboxylic acids is 1. The van der Waals surface area contributed by atoms with Gasteiger partial charge >= 0.3 is 0 Å². The molecular weight excluding hydrogens is 566 g/mol. The van der Waals surface area contributed by atoms with Crippen molar-refractivity contribution >= 4 is 40.8 Å². The van der Waals surface area contributed by atoms with Gasteiger partial charge in [-0.15, -0.1) is 10.2 Å². The number of aryl methyl sites for hydroxylation is 1. The van der Waals surface area contributed by atoms with Crippen LogP contribution in [-0.4, -0.2) is 62.6 Å². The van der Waals surface area contributed by atoms with Crippen molar-refractivity contribution in [2.24, 2.45) is 11.1 Å². The van der Waals surface area contributed by atoms with Crippen LogP contribution in [0.25, 0.3) is 0 Å². The second-order valence-corrected chi connectivity index (χ2v) is 12.4. The summed E-state index contributed by atoms with van der Waals surface area (Å²) in [5, 5.41) is 22.8. The number of nitrogens with zero attached hydrogens (tertiary/aromatic N) is 5. The average molecular weight is 598 g/mol. The van der Waals surface area contributed by atoms with Crippen molar-refractivity contribution in [1.82, 2.24) is 19.7 Å². The number of rotatable bonds is 5. The van der Waals surface area contributed by atoms with Gasteiger partial charge in [-0.1, -0.05) is 29.4 Å². The summed E-state index contributed by atoms with van der Waals surface area (Å²) in [6.45, 7) is 4.92. The Morgan fingerprint density at radius 2 is 2.00 bits per heavy atom. The number of anilines is 2. The molecule has 0 bridgehead atoms. The lowest BCUT2D eigenvalue weighted by molar-refractivity contribution is 0.0974. The number of nitrogens with two attached hydrogens (primary N) is 1. The maximum atomic E-state index is 13.0. The van der Waals surface area contributed by atoms with Crippen molar-refractivity contribution in [2.45, 2.75) is 67.6 Å². The first kappa shape index (κ1) is 28.0. The van der Waals surface area contributed by atoms with Gasteiger partial charge in [0.25, 0.3) is 11.5 Å². The maximum Gasteiger partial charge on any atom is 0.270 e. The number of benzene rings is 1. The number of aromatic nitrogens is 4. The van der Waals surface area contributed by atoms with E-state index in [1.54, 1.807) is 12.1 Å². The molecule has 216 valence electrons. The number of hydrogen-bond acceptors (Lipinski definition) is 10. The van der Waals surface area contributed by atoms with Crippen LogP contribution >= 0.6 is 23.4 Å². The maximum absolute atomic E-state index is 13.0. The first-order valence-electron chi connectivity index (χ1n) is 13.8. The van der Waals surface area contributed by atoms with Crippen molar-refractivity contribution in [3.8, 4) is 5.88 Å². The van der Waals surface area contributed by atoms with Crippen molar-refractivity contribution in [1.29, 1.82) is 0 Å². The molecule has 2 aromatic heterocycles. The largest absolute Gasteiger partial charge is 0.493 e. The number of fused-ring (bicyclic) bond motifs is 1. The molecule has 0 unspecified atom stereocenters. The molecule has 11 nitrogen and oxygen atoms in total. The van der Waals surface area contributed by atoms with Gasteiger partial charge in [0.05, 0.1) is 23.4 Å². The topological polar surface area (TPSA) is 148 Å². The Labute approximate surface area is 246 Å². The number of nitrogens with one attached hydrogen (secondary N) is 1. The lowest BCUT2D eigenvalue weighted by Crippen LogP contribution is -2.50. The Morgan fingerprint density at radius 1 is 1.20 bits per heavy atom. The molecule has 0 saturated carbocycles. The molecule has 1 aromatic carbocycles. The number of halogens is 1. The molecule has 0 aliphatic carbocycles. The Kier molecular flexibility index (Phi) is 7.66. The van der Waals surface area contributed by atoms with Gasteiger partial charge in [0, 0.05) is 42.4 Å². The fourth-order valence-corrected chi connectivity index (χ4v) is 7.01. The van der Waals surface area contributed by atoms with E-state index in [1.165, 1.54) is 16.3 Å². The van der Waals surface area contributed by atoms with Gasteiger partial charge in [0.2, 0.25) is 5.88 Å². The van der Waals surface area contributed by atoms with E-state index in [1.807, 2.05) is 25.1 Å². The fourth-order valence-electron chi connectivity index (χ4n) is 5.93. The van der Waals surface area contributed by atoms with Gasteiger partial charge in [-0.3, -0.25) is 14.2 Å². The fraction of sp³-hybridized carbons (Fsp3) is 0.464. The number of amides is 1. The molecule has 2 saturated heterocycles. The van der Waals surface area contributed by atoms with E-state index in [4.69, 9.17) is 22.1 Å². The number of ether oxygens (including phenoxy) is 1. The van der Waals surface area contributed by atoms with Crippen LogP contribution in [-0.2, 0) is 17.7 Å². The van der Waals surface area contributed by atoms with E-state index in [2.05, 4.69) is 25.4 Å². The molecule has 2 atom stereocenters. The van der Waals surface area contributed by atoms with Crippen LogP contribution in [0.15, 0.2) is 45.0 Å². The Bertz CT molecular complexity index is 1530. The third-order valence-corrected chi connectivity index (χ3v) is 9.98. The third-order valence-electron chi connectivity index (χ3n) is 8.47. The van der Waals surface area contributed by atoms with Gasteiger partial charge in [-0.05, 0) is 56.9 Å². The zero-order valence-electron chi connectivity index (χ0n) is 22.7. The van der Waals surface area contributed by atoms with Crippen LogP contribution in [0.1, 0.15) is 48.8 Å². The standard InChI is InChI=1S/C28H32ClN7O4S/c1-16-24(30)28(15-40-16)10-13-35(14-11-28)20-8-9-21(34-33-20)41-18-6-4-5-17(23(18)29)31-25(37)22-26(38)32-19-7-2-3-12-36(19)27(22)39/h4-6,8-9,16,24,38H,2-3,7,10-15,30H2,1H3,(H,31,37)/t16-,24+/m0/s1. The predicted octanol–water partition coefficient (Wildman–Crippen LogP) is 3.46. The highest BCUT2D eigenvalue weighted by molar-refractivity contribution is 7.99. The van der Waals surface area contributed by atoms with Crippen LogP contribution in [0.4, 0.5) is 11.5 Å². The van der Waals surface area contributed by atoms with Gasteiger partial charge in [0.15, 0.2) is 11.4 Å². The van der Waals surface area contributed by atoms with Crippen LogP contribution in [0.2, 0.25) is 5.02 Å². The molecule has 5 heterocycles. The van der Waals surface area contributed by atoms with Gasteiger partial charge in [-0.25, -0.2) is 0 Å². The lowest BCUT2D eigenvalue weighted by atomic mass is 9.73. The highest BCUT2D eigenvalue weighted by Gasteiger charge is 2.47. The molecule has 3 aliphatic heterocycles. The van der Waals surface area contributed by atoms with E-state index in [0.29, 0.717) is 41.0 Å². The second-order valence-electron chi connectivity index (χ2n) is 10.9. The van der Waals surface area contributed by atoms with Crippen LogP contribution in [0.5, 0.6) is 5.88 Å². The SMILES string of the molecule is C[C@@H]1OCC2(CCN(c3ccc(Sc4cccc(NC(=O)c5c(O)nc6n(c5=O)CCCC6)c4Cl)nn3)CC2)[C@@H]1N. The van der Waals surface area contributed by atoms with E-state index < -0.39 is 22.9 Å². The Morgan fingerprint density at radius 3 is 2.71 bits per heavy atom. The number of piperidine rings is 1. The normalized spacial score (nSPS) is 21.6. The molecule has 2 fully saturated rings. The summed E-state index contributed by atoms with van der Waals surface area (Å²) >= 11 is 7.96. The van der Waals surface area contributed by atoms with Crippen LogP contribution in [0, 0.1) is 5.41 Å². The number of hydrogen-bond donors (Lipinski definition) is 3. The van der Waals surface area contributed by atoms with Crippen molar-refractivity contribution in [3.63, 3.8) is 0 Å². The van der Waals surface area contributed by atoms with Gasteiger partial charge in [-0.2, -0.15) is 4.98 Å². The Hall–Kier alpha value is -3.19. The summed E-state index contributed by atoms with van der Waals surface area (Å²) in [6, 6.07) is 9.07. The molecule has 3 aromatic rings. The van der Waals surface area contributed by atoms with Gasteiger partial charge < -0.3 is 25.8 Å². The van der Waals surface area contributed by atoms with Crippen molar-refractivity contribution in [3.05, 3.63) is 57.1 Å². The molecular formula is C28H32ClN7O4S. The van der Waals surface area contributed by atoms with E-state index in [-0.39, 0.29) is 22.6 Å². The highest BCUT2D eigenvalue weighted by Crippen LogP contribution is 2.42. The Balaban J connectivity index is 1.13. The first-order chi connectivity index (χ1) is 19.8. The lowest BCUT2D eigenvalue weighted by Gasteiger charge is -2.41. The summed E-state index contributed by atoms with van der Waals surface area (Å²) in [7, 11) is 0. The average Bonchev–Trinajstić information content (AvgIpc) is 3.24. The quantitative estimate of drug-likeness (QED) is 0.399. The summed E-state index contributed by atoms with van der Waals surface area (Å²) < 4.78 is 7.28. The summed E-state index contributed by atoms with van der Waals surface area (Å²) in [5.41, 5.74) is 5.84. The summed E-state index contributed by atoms with van der Waals surface area (Å²) in [4.78, 5) is 32.9. The summed E-state index contributed by atoms with van der Waals surface area (Å²) in [6.07, 6.45) is 4.29. The smallest absolute Gasteiger partial charge is 0.270 e. The molecule has 41 heavy (non-hydrogen) atoms. The zero-order chi connectivity index (χ0) is 28.7.